The van der Waals surface area contributed by atoms with Crippen LogP contribution < -0.4 is 5.73 Å². The van der Waals surface area contributed by atoms with Crippen molar-refractivity contribution in [2.24, 2.45) is 5.73 Å². The number of aliphatic carboxylic acids is 2. The lowest BCUT2D eigenvalue weighted by molar-refractivity contribution is -0.167. The van der Waals surface area contributed by atoms with Gasteiger partial charge in [0.25, 0.3) is 5.91 Å². The third-order valence-electron chi connectivity index (χ3n) is 1.57. The fourth-order valence-electron chi connectivity index (χ4n) is 0.817. The van der Waals surface area contributed by atoms with E-state index in [-0.39, 0.29) is 0 Å². The first-order chi connectivity index (χ1) is 6.69. The maximum atomic E-state index is 10.8. The minimum atomic E-state index is -2.81. The topological polar surface area (TPSA) is 155 Å². The van der Waals surface area contributed by atoms with E-state index in [0.717, 1.165) is 0 Å². The van der Waals surface area contributed by atoms with Crippen LogP contribution in [0.5, 0.6) is 0 Å². The van der Waals surface area contributed by atoms with Crippen molar-refractivity contribution in [2.75, 3.05) is 0 Å². The Bertz CT molecular complexity index is 323. The Labute approximate surface area is 83.3 Å². The molecular weight excluding hydrogens is 210 g/mol. The third kappa shape index (κ3) is 3.73. The van der Waals surface area contributed by atoms with Crippen LogP contribution in [0.2, 0.25) is 0 Å². The van der Waals surface area contributed by atoms with E-state index in [1.54, 1.807) is 0 Å². The first-order valence-corrected chi connectivity index (χ1v) is 3.69. The van der Waals surface area contributed by atoms with Gasteiger partial charge in [0.1, 0.15) is 0 Å². The second-order valence-corrected chi connectivity index (χ2v) is 2.87. The molecule has 1 amide bonds. The van der Waals surface area contributed by atoms with Crippen LogP contribution in [-0.2, 0) is 19.2 Å². The van der Waals surface area contributed by atoms with Crippen molar-refractivity contribution in [3.63, 3.8) is 0 Å². The summed E-state index contributed by atoms with van der Waals surface area (Å²) in [6.07, 6.45) is -2.36. The standard InChI is InChI=1S/C7H9NO7/c8-5(12)3(9)1-7(15,6(13)14)2-4(10)11/h15H,1-2H2,(H2,8,12)(H,10,11)(H,13,14). The molecule has 0 saturated carbocycles. The average molecular weight is 219 g/mol. The lowest BCUT2D eigenvalue weighted by Gasteiger charge is -2.19. The van der Waals surface area contributed by atoms with Crippen molar-refractivity contribution in [1.82, 2.24) is 0 Å². The summed E-state index contributed by atoms with van der Waals surface area (Å²) in [5.74, 6) is -6.29. The highest BCUT2D eigenvalue weighted by Gasteiger charge is 2.41. The molecule has 0 saturated heterocycles. The van der Waals surface area contributed by atoms with E-state index in [0.29, 0.717) is 0 Å². The number of amides is 1. The van der Waals surface area contributed by atoms with Gasteiger partial charge in [-0.3, -0.25) is 14.4 Å². The van der Waals surface area contributed by atoms with Gasteiger partial charge in [-0.15, -0.1) is 0 Å². The highest BCUT2D eigenvalue weighted by Crippen LogP contribution is 2.16. The van der Waals surface area contributed by atoms with E-state index in [1.165, 1.54) is 0 Å². The van der Waals surface area contributed by atoms with Crippen molar-refractivity contribution in [3.05, 3.63) is 0 Å². The molecule has 15 heavy (non-hydrogen) atoms. The number of hydrogen-bond donors (Lipinski definition) is 4. The van der Waals surface area contributed by atoms with Gasteiger partial charge in [-0.25, -0.2) is 4.79 Å². The number of carboxylic acid groups (broad SMARTS) is 2. The molecule has 1 atom stereocenters. The van der Waals surface area contributed by atoms with Crippen molar-refractivity contribution >= 4 is 23.6 Å². The zero-order valence-electron chi connectivity index (χ0n) is 7.47. The molecule has 5 N–H and O–H groups in total. The van der Waals surface area contributed by atoms with Gasteiger partial charge in [-0.2, -0.15) is 0 Å². The Kier molecular flexibility index (Phi) is 3.92. The quantitative estimate of drug-likeness (QED) is 0.366. The van der Waals surface area contributed by atoms with Crippen LogP contribution in [0, 0.1) is 0 Å². The van der Waals surface area contributed by atoms with E-state index in [9.17, 15) is 24.3 Å². The number of Topliss-reactive ketones (excluding diaryl/α,β-unsaturated/α-hetero) is 1. The number of nitrogens with two attached hydrogens (primary N) is 1. The maximum absolute atomic E-state index is 10.8. The van der Waals surface area contributed by atoms with E-state index in [1.807, 2.05) is 0 Å². The molecule has 0 aliphatic carbocycles. The summed E-state index contributed by atoms with van der Waals surface area (Å²) in [7, 11) is 0. The van der Waals surface area contributed by atoms with Gasteiger partial charge in [-0.05, 0) is 0 Å². The molecule has 0 bridgehead atoms. The predicted octanol–water partition coefficient (Wildman–Crippen LogP) is -2.28. The Morgan fingerprint density at radius 2 is 1.53 bits per heavy atom. The molecule has 1 unspecified atom stereocenters. The SMILES string of the molecule is NC(=O)C(=O)CC(O)(CC(=O)O)C(=O)O. The molecule has 8 heteroatoms. The molecule has 0 aliphatic heterocycles. The van der Waals surface area contributed by atoms with Crippen LogP contribution in [0.15, 0.2) is 0 Å². The van der Waals surface area contributed by atoms with Gasteiger partial charge in [0.05, 0.1) is 12.8 Å². The van der Waals surface area contributed by atoms with Crippen molar-refractivity contribution in [1.29, 1.82) is 0 Å². The summed E-state index contributed by atoms with van der Waals surface area (Å²) in [6.45, 7) is 0. The van der Waals surface area contributed by atoms with E-state index in [4.69, 9.17) is 10.2 Å². The number of carbonyl (C=O) groups is 4. The molecule has 8 nitrogen and oxygen atoms in total. The minimum Gasteiger partial charge on any atom is -0.481 e. The second-order valence-electron chi connectivity index (χ2n) is 2.87. The van der Waals surface area contributed by atoms with Gasteiger partial charge in [0.15, 0.2) is 5.60 Å². The van der Waals surface area contributed by atoms with Crippen LogP contribution in [0.1, 0.15) is 12.8 Å². The van der Waals surface area contributed by atoms with Crippen LogP contribution in [0.3, 0.4) is 0 Å². The molecular formula is C7H9NO7. The smallest absolute Gasteiger partial charge is 0.336 e. The summed E-state index contributed by atoms with van der Waals surface area (Å²) >= 11 is 0. The van der Waals surface area contributed by atoms with Gasteiger partial charge < -0.3 is 21.1 Å². The third-order valence-corrected chi connectivity index (χ3v) is 1.57. The number of rotatable bonds is 6. The van der Waals surface area contributed by atoms with Crippen LogP contribution in [-0.4, -0.2) is 44.5 Å². The number of primary amides is 1. The zero-order chi connectivity index (χ0) is 12.2. The Morgan fingerprint density at radius 1 is 1.07 bits per heavy atom. The lowest BCUT2D eigenvalue weighted by atomic mass is 9.93. The van der Waals surface area contributed by atoms with E-state index < -0.39 is 42.1 Å². The molecule has 0 aromatic carbocycles. The van der Waals surface area contributed by atoms with Crippen molar-refractivity contribution in [3.8, 4) is 0 Å². The zero-order valence-corrected chi connectivity index (χ0v) is 7.47. The molecule has 0 fully saturated rings. The summed E-state index contributed by atoms with van der Waals surface area (Å²) < 4.78 is 0. The Morgan fingerprint density at radius 3 is 1.80 bits per heavy atom. The molecule has 84 valence electrons. The summed E-state index contributed by atoms with van der Waals surface area (Å²) in [5, 5.41) is 26.1. The van der Waals surface area contributed by atoms with Gasteiger partial charge in [-0.1, -0.05) is 0 Å². The molecule has 0 aromatic heterocycles. The van der Waals surface area contributed by atoms with Gasteiger partial charge in [0.2, 0.25) is 5.78 Å². The van der Waals surface area contributed by atoms with Crippen molar-refractivity contribution in [2.45, 2.75) is 18.4 Å². The van der Waals surface area contributed by atoms with E-state index >= 15 is 0 Å². The number of carbonyl (C=O) groups excluding carboxylic acids is 2. The molecule has 0 radical (unpaired) electrons. The lowest BCUT2D eigenvalue weighted by Crippen LogP contribution is -2.44. The van der Waals surface area contributed by atoms with Gasteiger partial charge in [0, 0.05) is 0 Å². The molecule has 0 rings (SSSR count). The molecule has 0 spiro atoms. The summed E-state index contributed by atoms with van der Waals surface area (Å²) in [4.78, 5) is 41.8. The molecule has 0 aliphatic rings. The maximum Gasteiger partial charge on any atom is 0.336 e. The van der Waals surface area contributed by atoms with Crippen LogP contribution in [0.4, 0.5) is 0 Å². The van der Waals surface area contributed by atoms with Gasteiger partial charge >= 0.3 is 11.9 Å². The monoisotopic (exact) mass is 219 g/mol. The highest BCUT2D eigenvalue weighted by atomic mass is 16.4. The molecule has 0 aromatic rings. The van der Waals surface area contributed by atoms with E-state index in [2.05, 4.69) is 5.73 Å². The normalized spacial score (nSPS) is 13.9. The molecule has 0 heterocycles. The number of ketones is 1. The average Bonchev–Trinajstić information content (AvgIpc) is 2.01. The summed E-state index contributed by atoms with van der Waals surface area (Å²) in [6, 6.07) is 0. The number of hydrogen-bond acceptors (Lipinski definition) is 5. The van der Waals surface area contributed by atoms with Crippen molar-refractivity contribution < 1.29 is 34.5 Å². The first-order valence-electron chi connectivity index (χ1n) is 3.69. The number of aliphatic hydroxyl groups is 1. The minimum absolute atomic E-state index is 1.16. The second kappa shape index (κ2) is 4.51. The van der Waals surface area contributed by atoms with Crippen LogP contribution >= 0.6 is 0 Å². The highest BCUT2D eigenvalue weighted by molar-refractivity contribution is 6.36. The summed E-state index contributed by atoms with van der Waals surface area (Å²) in [5.41, 5.74) is 1.73. The first kappa shape index (κ1) is 13.0. The fraction of sp³-hybridized carbons (Fsp3) is 0.429. The largest absolute Gasteiger partial charge is 0.481 e. The Hall–Kier alpha value is -1.96. The Balaban J connectivity index is 4.81. The number of carboxylic acids is 2. The predicted molar refractivity (Wildman–Crippen MR) is 43.7 cm³/mol. The fourth-order valence-corrected chi connectivity index (χ4v) is 0.817. The van der Waals surface area contributed by atoms with Crippen LogP contribution in [0.25, 0.3) is 0 Å².